The van der Waals surface area contributed by atoms with E-state index in [9.17, 15) is 4.79 Å². The van der Waals surface area contributed by atoms with Gasteiger partial charge >= 0.3 is 0 Å². The molecule has 1 amide bonds. The second-order valence-corrected chi connectivity index (χ2v) is 4.86. The molecule has 1 heterocycles. The van der Waals surface area contributed by atoms with Crippen molar-refractivity contribution in [1.29, 1.82) is 0 Å². The van der Waals surface area contributed by atoms with Crippen molar-refractivity contribution in [3.05, 3.63) is 0 Å². The molecule has 0 bridgehead atoms. The second kappa shape index (κ2) is 6.11. The number of hydrogen-bond acceptors (Lipinski definition) is 2. The molecule has 1 aliphatic rings. The number of carbonyl (C=O) groups excluding carboxylic acids is 1. The summed E-state index contributed by atoms with van der Waals surface area (Å²) in [6, 6.07) is 0.0168. The van der Waals surface area contributed by atoms with Crippen molar-refractivity contribution in [2.75, 3.05) is 20.1 Å². The van der Waals surface area contributed by atoms with Gasteiger partial charge in [-0.3, -0.25) is 4.79 Å². The molecule has 15 heavy (non-hydrogen) atoms. The van der Waals surface area contributed by atoms with Crippen LogP contribution in [0.15, 0.2) is 0 Å². The smallest absolute Gasteiger partial charge is 0.239 e. The van der Waals surface area contributed by atoms with Gasteiger partial charge in [0.25, 0.3) is 0 Å². The fourth-order valence-electron chi connectivity index (χ4n) is 2.15. The summed E-state index contributed by atoms with van der Waals surface area (Å²) in [5, 5.41) is 3.14. The fourth-order valence-corrected chi connectivity index (χ4v) is 2.15. The van der Waals surface area contributed by atoms with Crippen LogP contribution < -0.4 is 5.32 Å². The molecular weight excluding hydrogens is 188 g/mol. The Labute approximate surface area is 93.2 Å². The first-order chi connectivity index (χ1) is 7.15. The van der Waals surface area contributed by atoms with E-state index in [4.69, 9.17) is 0 Å². The predicted octanol–water partition coefficient (Wildman–Crippen LogP) is 1.63. The maximum absolute atomic E-state index is 12.1. The Morgan fingerprint density at radius 1 is 1.27 bits per heavy atom. The van der Waals surface area contributed by atoms with E-state index < -0.39 is 0 Å². The normalized spacial score (nSPS) is 19.3. The van der Waals surface area contributed by atoms with Gasteiger partial charge in [0.1, 0.15) is 0 Å². The van der Waals surface area contributed by atoms with Gasteiger partial charge in [0.15, 0.2) is 0 Å². The van der Waals surface area contributed by atoms with Crippen LogP contribution in [-0.4, -0.2) is 37.0 Å². The topological polar surface area (TPSA) is 32.3 Å². The quantitative estimate of drug-likeness (QED) is 0.768. The molecule has 3 nitrogen and oxygen atoms in total. The average molecular weight is 212 g/mol. The van der Waals surface area contributed by atoms with Gasteiger partial charge < -0.3 is 10.2 Å². The first-order valence-electron chi connectivity index (χ1n) is 6.11. The SMILES string of the molecule is CNC(CC(C)C)C(=O)N1CCCCC1. The molecule has 3 heteroatoms. The van der Waals surface area contributed by atoms with E-state index in [0.29, 0.717) is 11.8 Å². The molecule has 0 aromatic carbocycles. The molecule has 0 saturated carbocycles. The summed E-state index contributed by atoms with van der Waals surface area (Å²) in [5.74, 6) is 0.863. The van der Waals surface area contributed by atoms with Gasteiger partial charge in [-0.05, 0) is 38.6 Å². The van der Waals surface area contributed by atoms with Crippen LogP contribution in [0.3, 0.4) is 0 Å². The van der Waals surface area contributed by atoms with E-state index in [0.717, 1.165) is 19.5 Å². The lowest BCUT2D eigenvalue weighted by Crippen LogP contribution is -2.47. The van der Waals surface area contributed by atoms with Crippen molar-refractivity contribution >= 4 is 5.91 Å². The standard InChI is InChI=1S/C12H24N2O/c1-10(2)9-11(13-3)12(15)14-7-5-4-6-8-14/h10-11,13H,4-9H2,1-3H3. The highest BCUT2D eigenvalue weighted by molar-refractivity contribution is 5.81. The maximum Gasteiger partial charge on any atom is 0.239 e. The van der Waals surface area contributed by atoms with Crippen LogP contribution in [0.4, 0.5) is 0 Å². The van der Waals surface area contributed by atoms with Crippen molar-refractivity contribution in [2.24, 2.45) is 5.92 Å². The number of amides is 1. The van der Waals surface area contributed by atoms with E-state index in [2.05, 4.69) is 19.2 Å². The third-order valence-electron chi connectivity index (χ3n) is 3.02. The van der Waals surface area contributed by atoms with Gasteiger partial charge in [-0.2, -0.15) is 0 Å². The largest absolute Gasteiger partial charge is 0.341 e. The second-order valence-electron chi connectivity index (χ2n) is 4.86. The van der Waals surface area contributed by atoms with E-state index in [1.54, 1.807) is 0 Å². The van der Waals surface area contributed by atoms with Crippen LogP contribution in [0.2, 0.25) is 0 Å². The summed E-state index contributed by atoms with van der Waals surface area (Å²) in [7, 11) is 1.88. The number of nitrogens with one attached hydrogen (secondary N) is 1. The molecule has 88 valence electrons. The molecule has 0 aliphatic carbocycles. The first kappa shape index (κ1) is 12.5. The Kier molecular flexibility index (Phi) is 5.09. The number of likely N-dealkylation sites (N-methyl/N-ethyl adjacent to an activating group) is 1. The molecule has 0 aromatic rings. The number of nitrogens with zero attached hydrogens (tertiary/aromatic N) is 1. The first-order valence-corrected chi connectivity index (χ1v) is 6.11. The van der Waals surface area contributed by atoms with Crippen LogP contribution in [0, 0.1) is 5.92 Å². The summed E-state index contributed by atoms with van der Waals surface area (Å²) >= 11 is 0. The molecule has 1 unspecified atom stereocenters. The fraction of sp³-hybridized carbons (Fsp3) is 0.917. The lowest BCUT2D eigenvalue weighted by Gasteiger charge is -2.30. The highest BCUT2D eigenvalue weighted by atomic mass is 16.2. The van der Waals surface area contributed by atoms with Crippen LogP contribution in [-0.2, 0) is 4.79 Å². The van der Waals surface area contributed by atoms with Crippen LogP contribution >= 0.6 is 0 Å². The summed E-state index contributed by atoms with van der Waals surface area (Å²) in [4.78, 5) is 14.1. The average Bonchev–Trinajstić information content (AvgIpc) is 2.26. The van der Waals surface area contributed by atoms with Crippen LogP contribution in [0.5, 0.6) is 0 Å². The molecule has 0 radical (unpaired) electrons. The van der Waals surface area contributed by atoms with E-state index in [1.807, 2.05) is 11.9 Å². The van der Waals surface area contributed by atoms with Crippen molar-refractivity contribution in [1.82, 2.24) is 10.2 Å². The maximum atomic E-state index is 12.1. The Balaban J connectivity index is 2.47. The van der Waals surface area contributed by atoms with Gasteiger partial charge in [-0.15, -0.1) is 0 Å². The third kappa shape index (κ3) is 3.82. The molecule has 0 aromatic heterocycles. The predicted molar refractivity (Wildman–Crippen MR) is 62.7 cm³/mol. The van der Waals surface area contributed by atoms with E-state index >= 15 is 0 Å². The summed E-state index contributed by atoms with van der Waals surface area (Å²) in [6.07, 6.45) is 4.55. The molecule has 1 saturated heterocycles. The van der Waals surface area contributed by atoms with Gasteiger partial charge in [0.2, 0.25) is 5.91 Å². The van der Waals surface area contributed by atoms with Crippen molar-refractivity contribution < 1.29 is 4.79 Å². The Morgan fingerprint density at radius 2 is 1.87 bits per heavy atom. The number of rotatable bonds is 4. The van der Waals surface area contributed by atoms with Crippen LogP contribution in [0.25, 0.3) is 0 Å². The van der Waals surface area contributed by atoms with Crippen molar-refractivity contribution in [3.8, 4) is 0 Å². The van der Waals surface area contributed by atoms with Gasteiger partial charge in [0.05, 0.1) is 6.04 Å². The van der Waals surface area contributed by atoms with Gasteiger partial charge in [-0.1, -0.05) is 13.8 Å². The van der Waals surface area contributed by atoms with Crippen LogP contribution in [0.1, 0.15) is 39.5 Å². The minimum atomic E-state index is 0.0168. The number of likely N-dealkylation sites (tertiary alicyclic amines) is 1. The van der Waals surface area contributed by atoms with E-state index in [1.165, 1.54) is 19.3 Å². The van der Waals surface area contributed by atoms with Crippen molar-refractivity contribution in [3.63, 3.8) is 0 Å². The zero-order valence-electron chi connectivity index (χ0n) is 10.3. The molecular formula is C12H24N2O. The minimum Gasteiger partial charge on any atom is -0.341 e. The number of hydrogen-bond donors (Lipinski definition) is 1. The molecule has 0 spiro atoms. The molecule has 1 atom stereocenters. The summed E-state index contributed by atoms with van der Waals surface area (Å²) < 4.78 is 0. The number of piperidine rings is 1. The molecule has 1 aliphatic heterocycles. The highest BCUT2D eigenvalue weighted by Crippen LogP contribution is 2.13. The zero-order valence-corrected chi connectivity index (χ0v) is 10.3. The lowest BCUT2D eigenvalue weighted by molar-refractivity contribution is -0.134. The molecule has 1 rings (SSSR count). The Morgan fingerprint density at radius 3 is 2.33 bits per heavy atom. The lowest BCUT2D eigenvalue weighted by atomic mass is 10.0. The van der Waals surface area contributed by atoms with Crippen molar-refractivity contribution in [2.45, 2.75) is 45.6 Å². The summed E-state index contributed by atoms with van der Waals surface area (Å²) in [6.45, 7) is 6.23. The van der Waals surface area contributed by atoms with Gasteiger partial charge in [-0.25, -0.2) is 0 Å². The van der Waals surface area contributed by atoms with Gasteiger partial charge in [0, 0.05) is 13.1 Å². The minimum absolute atomic E-state index is 0.0168. The molecule has 1 fully saturated rings. The third-order valence-corrected chi connectivity index (χ3v) is 3.02. The number of carbonyl (C=O) groups is 1. The van der Waals surface area contributed by atoms with E-state index in [-0.39, 0.29) is 6.04 Å². The molecule has 1 N–H and O–H groups in total. The Hall–Kier alpha value is -0.570. The summed E-state index contributed by atoms with van der Waals surface area (Å²) in [5.41, 5.74) is 0. The Bertz CT molecular complexity index is 198. The zero-order chi connectivity index (χ0) is 11.3. The monoisotopic (exact) mass is 212 g/mol. The highest BCUT2D eigenvalue weighted by Gasteiger charge is 2.24.